The first kappa shape index (κ1) is 31.6. The van der Waals surface area contributed by atoms with Gasteiger partial charge in [0, 0.05) is 24.9 Å². The Bertz CT molecular complexity index is 1070. The van der Waals surface area contributed by atoms with Crippen molar-refractivity contribution in [1.29, 1.82) is 5.26 Å². The van der Waals surface area contributed by atoms with Gasteiger partial charge in [-0.05, 0) is 50.8 Å². The van der Waals surface area contributed by atoms with Crippen LogP contribution in [0.4, 0.5) is 22.4 Å². The lowest BCUT2D eigenvalue weighted by Gasteiger charge is -2.36. The Hall–Kier alpha value is -2.89. The summed E-state index contributed by atoms with van der Waals surface area (Å²) in [7, 11) is -1.95. The number of likely N-dealkylation sites (tertiary alicyclic amines) is 2. The van der Waals surface area contributed by atoms with E-state index in [9.17, 15) is 42.5 Å². The topological polar surface area (TPSA) is 126 Å². The molecule has 2 amide bonds. The largest absolute Gasteiger partial charge is 0.475 e. The number of alkyl halides is 3. The van der Waals surface area contributed by atoms with Crippen LogP contribution in [0.15, 0.2) is 24.3 Å². The molecule has 1 aromatic rings. The number of benzene rings is 1. The van der Waals surface area contributed by atoms with Gasteiger partial charge in [-0.1, -0.05) is 12.1 Å². The number of halogens is 4. The monoisotopic (exact) mass is 570 g/mol. The van der Waals surface area contributed by atoms with E-state index in [2.05, 4.69) is 5.32 Å². The van der Waals surface area contributed by atoms with Crippen molar-refractivity contribution in [1.82, 2.24) is 15.1 Å². The molecule has 1 unspecified atom stereocenters. The third kappa shape index (κ3) is 8.56. The fraction of sp³-hybridized carbons (Fsp3) is 0.654. The normalized spacial score (nSPS) is 22.4. The summed E-state index contributed by atoms with van der Waals surface area (Å²) in [4.78, 5) is 28.3. The predicted molar refractivity (Wildman–Crippen MR) is 137 cm³/mol. The molecule has 0 aliphatic carbocycles. The van der Waals surface area contributed by atoms with Crippen LogP contribution < -0.4 is 5.32 Å². The molecule has 4 atom stereocenters. The van der Waals surface area contributed by atoms with Crippen LogP contribution >= 0.6 is 0 Å². The maximum Gasteiger partial charge on any atom is 0.475 e. The lowest BCUT2D eigenvalue weighted by atomic mass is 9.76. The molecule has 2 heterocycles. The van der Waals surface area contributed by atoms with Gasteiger partial charge in [-0.25, -0.2) is 22.4 Å². The van der Waals surface area contributed by atoms with Gasteiger partial charge in [0.15, 0.2) is 0 Å². The van der Waals surface area contributed by atoms with E-state index in [1.54, 1.807) is 18.7 Å². The Morgan fingerprint density at radius 3 is 2.55 bits per heavy atom. The zero-order valence-corrected chi connectivity index (χ0v) is 22.5. The second-order valence-electron chi connectivity index (χ2n) is 11.1. The van der Waals surface area contributed by atoms with Gasteiger partial charge in [-0.15, -0.1) is 0 Å². The van der Waals surface area contributed by atoms with Crippen LogP contribution in [-0.4, -0.2) is 94.8 Å². The third-order valence-corrected chi connectivity index (χ3v) is 7.61. The van der Waals surface area contributed by atoms with Crippen molar-refractivity contribution in [2.75, 3.05) is 26.2 Å². The van der Waals surface area contributed by atoms with Crippen LogP contribution in [0, 0.1) is 23.1 Å². The summed E-state index contributed by atoms with van der Waals surface area (Å²) in [6.45, 7) is 2.71. The van der Waals surface area contributed by atoms with E-state index in [0.29, 0.717) is 12.0 Å². The Morgan fingerprint density at radius 2 is 1.98 bits per heavy atom. The molecule has 3 rings (SSSR count). The summed E-state index contributed by atoms with van der Waals surface area (Å²) in [5.74, 6) is -6.19. The molecular formula is C26H35BF4N4O5. The molecule has 9 nitrogen and oxygen atoms in total. The van der Waals surface area contributed by atoms with Gasteiger partial charge in [0.05, 0.1) is 31.1 Å². The fourth-order valence-electron chi connectivity index (χ4n) is 5.11. The average Bonchev–Trinajstić information content (AvgIpc) is 3.45. The van der Waals surface area contributed by atoms with Crippen molar-refractivity contribution in [2.24, 2.45) is 5.92 Å². The molecule has 0 aromatic heterocycles. The molecule has 14 heteroatoms. The highest BCUT2D eigenvalue weighted by Crippen LogP contribution is 2.35. The number of rotatable bonds is 11. The number of hydrogen-bond acceptors (Lipinski definition) is 7. The first-order valence-corrected chi connectivity index (χ1v) is 13.2. The van der Waals surface area contributed by atoms with Crippen LogP contribution in [-0.2, 0) is 16.0 Å². The molecule has 1 aromatic carbocycles. The number of amides is 2. The van der Waals surface area contributed by atoms with Crippen molar-refractivity contribution < 1.29 is 41.9 Å². The van der Waals surface area contributed by atoms with E-state index in [1.165, 1.54) is 29.2 Å². The highest BCUT2D eigenvalue weighted by Gasteiger charge is 2.44. The molecule has 2 aliphatic heterocycles. The van der Waals surface area contributed by atoms with Crippen molar-refractivity contribution in [3.05, 3.63) is 35.6 Å². The minimum atomic E-state index is -2.77. The van der Waals surface area contributed by atoms with Crippen molar-refractivity contribution in [3.8, 4) is 6.07 Å². The number of nitrogens with zero attached hydrogens (tertiary/aromatic N) is 3. The zero-order chi connectivity index (χ0) is 29.7. The molecule has 3 N–H and O–H groups in total. The van der Waals surface area contributed by atoms with Gasteiger partial charge in [0.25, 0.3) is 5.92 Å². The van der Waals surface area contributed by atoms with Crippen LogP contribution in [0.2, 0.25) is 0 Å². The van der Waals surface area contributed by atoms with Crippen LogP contribution in [0.1, 0.15) is 45.1 Å². The molecule has 40 heavy (non-hydrogen) atoms. The molecule has 2 fully saturated rings. The molecular weight excluding hydrogens is 535 g/mol. The number of alkyl carbamates (subject to hydrolysis) is 1. The Labute approximate surface area is 231 Å². The second kappa shape index (κ2) is 13.2. The zero-order valence-electron chi connectivity index (χ0n) is 22.5. The first-order chi connectivity index (χ1) is 18.7. The summed E-state index contributed by atoms with van der Waals surface area (Å²) in [5.41, 5.74) is -0.151. The van der Waals surface area contributed by atoms with Gasteiger partial charge in [0.2, 0.25) is 5.91 Å². The van der Waals surface area contributed by atoms with E-state index in [-0.39, 0.29) is 45.3 Å². The Balaban J connectivity index is 1.54. The number of carbonyl (C=O) groups excluding carboxylic acids is 2. The Morgan fingerprint density at radius 1 is 1.30 bits per heavy atom. The summed E-state index contributed by atoms with van der Waals surface area (Å²) in [6, 6.07) is 6.33. The maximum atomic E-state index is 14.3. The smallest absolute Gasteiger partial charge is 0.447 e. The summed E-state index contributed by atoms with van der Waals surface area (Å²) >= 11 is 0. The molecule has 0 saturated carbocycles. The van der Waals surface area contributed by atoms with Gasteiger partial charge >= 0.3 is 13.2 Å². The quantitative estimate of drug-likeness (QED) is 0.276. The van der Waals surface area contributed by atoms with Crippen LogP contribution in [0.25, 0.3) is 0 Å². The maximum absolute atomic E-state index is 14.3. The number of nitrogens with one attached hydrogen (secondary N) is 1. The van der Waals surface area contributed by atoms with Crippen molar-refractivity contribution in [3.63, 3.8) is 0 Å². The predicted octanol–water partition coefficient (Wildman–Crippen LogP) is 2.45. The molecule has 0 bridgehead atoms. The highest BCUT2D eigenvalue weighted by molar-refractivity contribution is 6.43. The van der Waals surface area contributed by atoms with Crippen molar-refractivity contribution >= 4 is 19.1 Å². The molecule has 2 aliphatic rings. The highest BCUT2D eigenvalue weighted by atomic mass is 19.3. The van der Waals surface area contributed by atoms with E-state index in [4.69, 9.17) is 4.74 Å². The Kier molecular flexibility index (Phi) is 10.4. The SMILES string of the molecule is CC(C)(CCC(C#N)C(=O)N1C[C@@H](F)C[C@@H]1COC(=O)N[C@@H](Cc1ccc(F)cc1)B(O)O)N1CCC(F)(F)C1. The minimum absolute atomic E-state index is 0.0388. The van der Waals surface area contributed by atoms with Gasteiger partial charge in [0.1, 0.15) is 24.5 Å². The molecule has 0 spiro atoms. The van der Waals surface area contributed by atoms with Crippen LogP contribution in [0.5, 0.6) is 0 Å². The van der Waals surface area contributed by atoms with E-state index < -0.39 is 67.1 Å². The second-order valence-corrected chi connectivity index (χ2v) is 11.1. The van der Waals surface area contributed by atoms with Gasteiger partial charge in [-0.2, -0.15) is 5.26 Å². The molecule has 0 radical (unpaired) electrons. The molecule has 2 saturated heterocycles. The lowest BCUT2D eigenvalue weighted by molar-refractivity contribution is -0.135. The summed E-state index contributed by atoms with van der Waals surface area (Å²) in [5, 5.41) is 31.2. The average molecular weight is 570 g/mol. The minimum Gasteiger partial charge on any atom is -0.447 e. The lowest BCUT2D eigenvalue weighted by Crippen LogP contribution is -2.49. The van der Waals surface area contributed by atoms with Crippen molar-refractivity contribution in [2.45, 2.75) is 75.6 Å². The standard InChI is InChI=1S/C26H35BF4N4O5/c1-25(2,34-10-9-26(30,31)16-34)8-7-18(13-32)23(36)35-14-20(29)12-21(35)15-40-24(37)33-22(27(38)39)11-17-3-5-19(28)6-4-17/h3-6,18,20-22,38-39H,7-12,14-16H2,1-2H3,(H,33,37)/t18?,20-,21+,22-/m0/s1. The summed E-state index contributed by atoms with van der Waals surface area (Å²) < 4.78 is 60.0. The number of nitriles is 1. The third-order valence-electron chi connectivity index (χ3n) is 7.61. The number of hydrogen-bond donors (Lipinski definition) is 3. The fourth-order valence-corrected chi connectivity index (χ4v) is 5.11. The van der Waals surface area contributed by atoms with Crippen LogP contribution in [0.3, 0.4) is 0 Å². The van der Waals surface area contributed by atoms with E-state index in [0.717, 1.165) is 0 Å². The number of carbonyl (C=O) groups is 2. The van der Waals surface area contributed by atoms with E-state index in [1.807, 2.05) is 6.07 Å². The first-order valence-electron chi connectivity index (χ1n) is 13.2. The van der Waals surface area contributed by atoms with Gasteiger partial charge in [-0.3, -0.25) is 9.69 Å². The molecule has 220 valence electrons. The number of ether oxygens (including phenoxy) is 1. The van der Waals surface area contributed by atoms with Gasteiger partial charge < -0.3 is 25.0 Å². The van der Waals surface area contributed by atoms with E-state index >= 15 is 0 Å². The summed E-state index contributed by atoms with van der Waals surface area (Å²) in [6.07, 6.45) is -2.45.